The molecule has 0 aliphatic rings. The molecule has 0 aromatic heterocycles. The molecular weight excluding hydrogens is 216 g/mol. The van der Waals surface area contributed by atoms with Gasteiger partial charge in [-0.2, -0.15) is 0 Å². The van der Waals surface area contributed by atoms with Gasteiger partial charge in [-0.3, -0.25) is 0 Å². The van der Waals surface area contributed by atoms with Crippen molar-refractivity contribution in [3.8, 4) is 0 Å². The molecule has 0 aliphatic carbocycles. The summed E-state index contributed by atoms with van der Waals surface area (Å²) in [6.07, 6.45) is 3.88. The van der Waals surface area contributed by atoms with Crippen LogP contribution in [0.5, 0.6) is 0 Å². The predicted molar refractivity (Wildman–Crippen MR) is 78.1 cm³/mol. The van der Waals surface area contributed by atoms with Gasteiger partial charge in [-0.15, -0.1) is 0 Å². The molecule has 0 heterocycles. The SMILES string of the molecule is C=CC=C(c1ccccc1)c1ccccc1.[H-].[H-].[Mg+2]. The van der Waals surface area contributed by atoms with E-state index in [0.717, 1.165) is 0 Å². The van der Waals surface area contributed by atoms with E-state index in [0.29, 0.717) is 0 Å². The number of benzene rings is 2. The minimum absolute atomic E-state index is 0. The van der Waals surface area contributed by atoms with Crippen LogP contribution in [-0.2, 0) is 0 Å². The fourth-order valence-electron chi connectivity index (χ4n) is 1.71. The maximum Gasteiger partial charge on any atom is 2.00 e. The monoisotopic (exact) mass is 232 g/mol. The Morgan fingerprint density at radius 3 is 1.59 bits per heavy atom. The molecule has 17 heavy (non-hydrogen) atoms. The van der Waals surface area contributed by atoms with Crippen molar-refractivity contribution in [1.29, 1.82) is 0 Å². The largest absolute Gasteiger partial charge is 2.00 e. The summed E-state index contributed by atoms with van der Waals surface area (Å²) in [5, 5.41) is 0. The predicted octanol–water partition coefficient (Wildman–Crippen LogP) is 4.15. The molecule has 0 nitrogen and oxygen atoms in total. The Balaban J connectivity index is 0. The fourth-order valence-corrected chi connectivity index (χ4v) is 1.71. The third-order valence-electron chi connectivity index (χ3n) is 2.45. The van der Waals surface area contributed by atoms with Crippen LogP contribution in [0.25, 0.3) is 5.57 Å². The standard InChI is InChI=1S/C16H14.Mg.2H/c1-2-9-16(14-10-5-3-6-11-14)15-12-7-4-8-13-15;;;/h2-13H,1H2;;;/q;+2;2*-1. The minimum atomic E-state index is 0. The molecule has 0 spiro atoms. The third-order valence-corrected chi connectivity index (χ3v) is 2.45. The van der Waals surface area contributed by atoms with Gasteiger partial charge in [0.1, 0.15) is 0 Å². The summed E-state index contributed by atoms with van der Waals surface area (Å²) in [6.45, 7) is 3.78. The zero-order valence-corrected chi connectivity index (χ0v) is 11.3. The van der Waals surface area contributed by atoms with Crippen LogP contribution in [0, 0.1) is 0 Å². The molecule has 0 unspecified atom stereocenters. The van der Waals surface area contributed by atoms with Gasteiger partial charge in [0.05, 0.1) is 0 Å². The average molecular weight is 233 g/mol. The Bertz CT molecular complexity index is 451. The van der Waals surface area contributed by atoms with Gasteiger partial charge in [-0.1, -0.05) is 79.4 Å². The van der Waals surface area contributed by atoms with Crippen molar-refractivity contribution in [1.82, 2.24) is 0 Å². The van der Waals surface area contributed by atoms with Gasteiger partial charge in [-0.25, -0.2) is 0 Å². The second-order valence-electron chi connectivity index (χ2n) is 3.55. The summed E-state index contributed by atoms with van der Waals surface area (Å²) in [5.74, 6) is 0. The second kappa shape index (κ2) is 7.10. The molecule has 0 aliphatic heterocycles. The summed E-state index contributed by atoms with van der Waals surface area (Å²) in [7, 11) is 0. The Morgan fingerprint density at radius 1 is 0.824 bits per heavy atom. The Labute approximate surface area is 122 Å². The number of hydrogen-bond donors (Lipinski definition) is 0. The van der Waals surface area contributed by atoms with Crippen molar-refractivity contribution in [2.24, 2.45) is 0 Å². The fraction of sp³-hybridized carbons (Fsp3) is 0. The molecule has 2 aromatic rings. The van der Waals surface area contributed by atoms with Crippen molar-refractivity contribution in [2.45, 2.75) is 0 Å². The molecule has 2 aromatic carbocycles. The van der Waals surface area contributed by atoms with E-state index in [9.17, 15) is 0 Å². The normalized spacial score (nSPS) is 8.94. The van der Waals surface area contributed by atoms with E-state index in [2.05, 4.69) is 55.1 Å². The molecular formula is C16H16Mg. The Morgan fingerprint density at radius 2 is 1.24 bits per heavy atom. The van der Waals surface area contributed by atoms with Crippen LogP contribution in [0.3, 0.4) is 0 Å². The second-order valence-corrected chi connectivity index (χ2v) is 3.55. The van der Waals surface area contributed by atoms with E-state index in [1.54, 1.807) is 0 Å². The van der Waals surface area contributed by atoms with Gasteiger partial charge in [0.15, 0.2) is 0 Å². The van der Waals surface area contributed by atoms with Crippen LogP contribution in [0.4, 0.5) is 0 Å². The van der Waals surface area contributed by atoms with Crippen LogP contribution >= 0.6 is 0 Å². The van der Waals surface area contributed by atoms with Crippen molar-refractivity contribution in [3.63, 3.8) is 0 Å². The zero-order chi connectivity index (χ0) is 11.2. The maximum absolute atomic E-state index is 3.78. The van der Waals surface area contributed by atoms with Crippen LogP contribution in [0.15, 0.2) is 79.4 Å². The molecule has 2 rings (SSSR count). The Hall–Kier alpha value is -1.31. The smallest absolute Gasteiger partial charge is 1.00 e. The molecule has 1 heteroatoms. The first-order valence-electron chi connectivity index (χ1n) is 5.35. The van der Waals surface area contributed by atoms with E-state index >= 15 is 0 Å². The number of allylic oxidation sites excluding steroid dienone is 2. The topological polar surface area (TPSA) is 0 Å². The molecule has 82 valence electrons. The van der Waals surface area contributed by atoms with Crippen LogP contribution in [-0.4, -0.2) is 23.1 Å². The van der Waals surface area contributed by atoms with E-state index in [-0.39, 0.29) is 25.9 Å². The molecule has 0 radical (unpaired) electrons. The van der Waals surface area contributed by atoms with Crippen molar-refractivity contribution in [2.75, 3.05) is 0 Å². The first-order chi connectivity index (χ1) is 7.92. The number of rotatable bonds is 3. The molecule has 0 bridgehead atoms. The maximum atomic E-state index is 3.78. The first kappa shape index (κ1) is 13.7. The summed E-state index contributed by atoms with van der Waals surface area (Å²) in [6, 6.07) is 20.7. The van der Waals surface area contributed by atoms with E-state index < -0.39 is 0 Å². The summed E-state index contributed by atoms with van der Waals surface area (Å²) in [5.41, 5.74) is 3.64. The van der Waals surface area contributed by atoms with Crippen LogP contribution < -0.4 is 0 Å². The molecule has 0 fully saturated rings. The van der Waals surface area contributed by atoms with E-state index in [4.69, 9.17) is 0 Å². The number of hydrogen-bond acceptors (Lipinski definition) is 0. The molecule has 0 saturated heterocycles. The third kappa shape index (κ3) is 3.58. The van der Waals surface area contributed by atoms with E-state index in [1.807, 2.05) is 24.3 Å². The first-order valence-corrected chi connectivity index (χ1v) is 5.35. The molecule has 0 amide bonds. The van der Waals surface area contributed by atoms with Gasteiger partial charge in [0, 0.05) is 0 Å². The summed E-state index contributed by atoms with van der Waals surface area (Å²) < 4.78 is 0. The zero-order valence-electron chi connectivity index (χ0n) is 11.8. The minimum Gasteiger partial charge on any atom is -1.00 e. The van der Waals surface area contributed by atoms with Crippen molar-refractivity contribution >= 4 is 28.6 Å². The van der Waals surface area contributed by atoms with Gasteiger partial charge >= 0.3 is 23.1 Å². The van der Waals surface area contributed by atoms with Gasteiger partial charge in [0.25, 0.3) is 0 Å². The summed E-state index contributed by atoms with van der Waals surface area (Å²) >= 11 is 0. The van der Waals surface area contributed by atoms with E-state index in [1.165, 1.54) is 16.7 Å². The Kier molecular flexibility index (Phi) is 5.74. The molecule has 0 atom stereocenters. The van der Waals surface area contributed by atoms with Gasteiger partial charge in [0.2, 0.25) is 0 Å². The van der Waals surface area contributed by atoms with Gasteiger partial charge < -0.3 is 2.85 Å². The quantitative estimate of drug-likeness (QED) is 0.551. The average Bonchev–Trinajstić information content (AvgIpc) is 2.38. The van der Waals surface area contributed by atoms with Crippen LogP contribution in [0.2, 0.25) is 0 Å². The summed E-state index contributed by atoms with van der Waals surface area (Å²) in [4.78, 5) is 0. The van der Waals surface area contributed by atoms with Crippen molar-refractivity contribution < 1.29 is 2.85 Å². The van der Waals surface area contributed by atoms with Gasteiger partial charge in [-0.05, 0) is 16.7 Å². The molecule has 0 N–H and O–H groups in total. The van der Waals surface area contributed by atoms with Crippen molar-refractivity contribution in [3.05, 3.63) is 90.5 Å². The molecule has 0 saturated carbocycles. The van der Waals surface area contributed by atoms with Crippen LogP contribution in [0.1, 0.15) is 14.0 Å².